The molecule has 2 aromatic carbocycles. The van der Waals surface area contributed by atoms with Gasteiger partial charge in [-0.05, 0) is 119 Å². The molecule has 0 bridgehead atoms. The Morgan fingerprint density at radius 3 is 1.32 bits per heavy atom. The van der Waals surface area contributed by atoms with Crippen molar-refractivity contribution in [3.63, 3.8) is 0 Å². The highest BCUT2D eigenvalue weighted by Gasteiger charge is 2.29. The molecule has 0 heterocycles. The Morgan fingerprint density at radius 2 is 0.929 bits per heavy atom. The third-order valence-electron chi connectivity index (χ3n) is 10.9. The maximum atomic E-state index is 12.9. The van der Waals surface area contributed by atoms with Gasteiger partial charge in [-0.15, -0.1) is 0 Å². The Balaban J connectivity index is 1.03. The monoisotopic (exact) mass is 770 g/mol. The molecule has 0 radical (unpaired) electrons. The number of hydrogen-bond acceptors (Lipinski definition) is 8. The molecule has 2 aliphatic carbocycles. The fourth-order valence-electron chi connectivity index (χ4n) is 7.39. The Bertz CT molecular complexity index is 1490. The Kier molecular flexibility index (Phi) is 21.5. The fraction of sp³-hybridized carbons (Fsp3) is 0.604. The van der Waals surface area contributed by atoms with Crippen LogP contribution in [0.4, 0.5) is 0 Å². The molecule has 0 saturated heterocycles. The van der Waals surface area contributed by atoms with Crippen molar-refractivity contribution in [3.8, 4) is 23.3 Å². The summed E-state index contributed by atoms with van der Waals surface area (Å²) >= 11 is 0. The van der Waals surface area contributed by atoms with Crippen LogP contribution >= 0.6 is 0 Å². The first-order valence-corrected chi connectivity index (χ1v) is 21.6. The van der Waals surface area contributed by atoms with E-state index < -0.39 is 0 Å². The molecule has 0 aromatic heterocycles. The second kappa shape index (κ2) is 26.8. The van der Waals surface area contributed by atoms with Crippen molar-refractivity contribution in [3.05, 3.63) is 72.3 Å². The third-order valence-corrected chi connectivity index (χ3v) is 10.9. The van der Waals surface area contributed by atoms with Crippen LogP contribution in [0.2, 0.25) is 0 Å². The minimum absolute atomic E-state index is 0.0779. The van der Waals surface area contributed by atoms with E-state index in [1.165, 1.54) is 63.9 Å². The average molecular weight is 771 g/mol. The van der Waals surface area contributed by atoms with E-state index >= 15 is 0 Å². The SMILES string of the molecule is C=CC(=O)OCCCCCCCCCCCOC1CCC(C(=O)Oc2ccc(C#Cc3ccc(OC(=O)C4CCC(OCCCCCC)CC4)cc3)cc2)CC1. The van der Waals surface area contributed by atoms with Crippen LogP contribution in [0, 0.1) is 23.7 Å². The van der Waals surface area contributed by atoms with Gasteiger partial charge in [0.15, 0.2) is 0 Å². The molecule has 2 saturated carbocycles. The number of ether oxygens (including phenoxy) is 5. The van der Waals surface area contributed by atoms with E-state index in [0.717, 1.165) is 101 Å². The summed E-state index contributed by atoms with van der Waals surface area (Å²) in [5.41, 5.74) is 1.63. The lowest BCUT2D eigenvalue weighted by atomic mass is 9.87. The van der Waals surface area contributed by atoms with Crippen molar-refractivity contribution in [1.82, 2.24) is 0 Å². The molecular formula is C48H66O8. The summed E-state index contributed by atoms with van der Waals surface area (Å²) in [4.78, 5) is 36.7. The molecule has 2 aliphatic rings. The van der Waals surface area contributed by atoms with E-state index in [-0.39, 0.29) is 42.0 Å². The quantitative estimate of drug-likeness (QED) is 0.0342. The van der Waals surface area contributed by atoms with Crippen molar-refractivity contribution < 1.29 is 38.1 Å². The maximum Gasteiger partial charge on any atom is 0.330 e. The molecule has 4 rings (SSSR count). The van der Waals surface area contributed by atoms with Crippen LogP contribution in [0.5, 0.6) is 11.5 Å². The molecule has 56 heavy (non-hydrogen) atoms. The van der Waals surface area contributed by atoms with Gasteiger partial charge in [0.05, 0.1) is 30.7 Å². The van der Waals surface area contributed by atoms with Gasteiger partial charge in [0.2, 0.25) is 0 Å². The second-order valence-electron chi connectivity index (χ2n) is 15.4. The zero-order valence-electron chi connectivity index (χ0n) is 33.9. The van der Waals surface area contributed by atoms with Gasteiger partial charge in [-0.1, -0.05) is 89.6 Å². The Morgan fingerprint density at radius 1 is 0.554 bits per heavy atom. The molecule has 0 N–H and O–H groups in total. The van der Waals surface area contributed by atoms with Gasteiger partial charge in [0.1, 0.15) is 11.5 Å². The molecule has 8 nitrogen and oxygen atoms in total. The predicted octanol–water partition coefficient (Wildman–Crippen LogP) is 10.9. The molecule has 0 amide bonds. The van der Waals surface area contributed by atoms with Gasteiger partial charge in [-0.2, -0.15) is 0 Å². The molecule has 306 valence electrons. The van der Waals surface area contributed by atoms with Crippen LogP contribution in [0.15, 0.2) is 61.2 Å². The zero-order valence-corrected chi connectivity index (χ0v) is 33.9. The first kappa shape index (κ1) is 44.8. The lowest BCUT2D eigenvalue weighted by molar-refractivity contribution is -0.142. The molecule has 0 unspecified atom stereocenters. The van der Waals surface area contributed by atoms with Gasteiger partial charge in [0.25, 0.3) is 0 Å². The highest BCUT2D eigenvalue weighted by atomic mass is 16.5. The summed E-state index contributed by atoms with van der Waals surface area (Å²) in [6.45, 7) is 7.71. The Hall–Kier alpha value is -3.93. The van der Waals surface area contributed by atoms with E-state index in [0.29, 0.717) is 18.1 Å². The number of benzene rings is 2. The zero-order chi connectivity index (χ0) is 39.6. The lowest BCUT2D eigenvalue weighted by Crippen LogP contribution is -2.29. The van der Waals surface area contributed by atoms with E-state index in [9.17, 15) is 14.4 Å². The lowest BCUT2D eigenvalue weighted by Gasteiger charge is -2.27. The van der Waals surface area contributed by atoms with Gasteiger partial charge >= 0.3 is 17.9 Å². The van der Waals surface area contributed by atoms with Crippen LogP contribution in [0.25, 0.3) is 0 Å². The van der Waals surface area contributed by atoms with Crippen LogP contribution in [-0.4, -0.2) is 49.9 Å². The Labute approximate surface area is 336 Å². The summed E-state index contributed by atoms with van der Waals surface area (Å²) in [5.74, 6) is 6.53. The number of esters is 3. The van der Waals surface area contributed by atoms with E-state index in [1.807, 2.05) is 24.3 Å². The van der Waals surface area contributed by atoms with Crippen molar-refractivity contribution in [2.24, 2.45) is 11.8 Å². The first-order chi connectivity index (χ1) is 27.4. The number of carbonyl (C=O) groups excluding carboxylic acids is 3. The number of unbranched alkanes of at least 4 members (excludes halogenated alkanes) is 11. The van der Waals surface area contributed by atoms with Crippen molar-refractivity contribution >= 4 is 17.9 Å². The standard InChI is InChI=1S/C48H66O8/c1-3-5-6-14-35-52-42-31-23-40(24-32-42)47(50)55-44-27-19-38(20-28-44)17-18-39-21-29-45(30-22-39)56-48(51)41-25-33-43(34-26-41)53-36-15-12-10-8-7-9-11-13-16-37-54-46(49)4-2/h4,19-22,27-30,40-43H,2-3,5-16,23-26,31-37H2,1H3. The van der Waals surface area contributed by atoms with Gasteiger partial charge in [-0.25, -0.2) is 4.79 Å². The maximum absolute atomic E-state index is 12.9. The minimum Gasteiger partial charge on any atom is -0.463 e. The largest absolute Gasteiger partial charge is 0.463 e. The van der Waals surface area contributed by atoms with Gasteiger partial charge < -0.3 is 23.7 Å². The number of carbonyl (C=O) groups is 3. The highest BCUT2D eigenvalue weighted by Crippen LogP contribution is 2.30. The van der Waals surface area contributed by atoms with Crippen molar-refractivity contribution in [2.75, 3.05) is 19.8 Å². The van der Waals surface area contributed by atoms with Crippen molar-refractivity contribution in [2.45, 2.75) is 154 Å². The number of rotatable bonds is 24. The molecule has 0 spiro atoms. The number of hydrogen-bond donors (Lipinski definition) is 0. The third kappa shape index (κ3) is 17.9. The van der Waals surface area contributed by atoms with Crippen LogP contribution in [-0.2, 0) is 28.6 Å². The normalized spacial score (nSPS) is 19.3. The smallest absolute Gasteiger partial charge is 0.330 e. The molecule has 0 atom stereocenters. The summed E-state index contributed by atoms with van der Waals surface area (Å²) in [5, 5.41) is 0. The second-order valence-corrected chi connectivity index (χ2v) is 15.4. The van der Waals surface area contributed by atoms with E-state index in [2.05, 4.69) is 25.3 Å². The average Bonchev–Trinajstić information content (AvgIpc) is 3.23. The molecule has 8 heteroatoms. The fourth-order valence-corrected chi connectivity index (χ4v) is 7.39. The van der Waals surface area contributed by atoms with Gasteiger partial charge in [-0.3, -0.25) is 9.59 Å². The summed E-state index contributed by atoms with van der Waals surface area (Å²) in [6.07, 6.45) is 23.8. The minimum atomic E-state index is -0.339. The molecule has 0 aliphatic heterocycles. The van der Waals surface area contributed by atoms with Crippen LogP contribution in [0.1, 0.15) is 153 Å². The highest BCUT2D eigenvalue weighted by molar-refractivity contribution is 5.81. The summed E-state index contributed by atoms with van der Waals surface area (Å²) in [7, 11) is 0. The van der Waals surface area contributed by atoms with Crippen LogP contribution < -0.4 is 9.47 Å². The molecule has 2 aromatic rings. The molecule has 2 fully saturated rings. The van der Waals surface area contributed by atoms with Crippen LogP contribution in [0.3, 0.4) is 0 Å². The summed E-state index contributed by atoms with van der Waals surface area (Å²) in [6, 6.07) is 14.6. The summed E-state index contributed by atoms with van der Waals surface area (Å²) < 4.78 is 28.6. The topological polar surface area (TPSA) is 97.4 Å². The van der Waals surface area contributed by atoms with E-state index in [1.54, 1.807) is 24.3 Å². The predicted molar refractivity (Wildman–Crippen MR) is 220 cm³/mol. The van der Waals surface area contributed by atoms with Crippen molar-refractivity contribution in [1.29, 1.82) is 0 Å². The first-order valence-electron chi connectivity index (χ1n) is 21.6. The van der Waals surface area contributed by atoms with E-state index in [4.69, 9.17) is 23.7 Å². The van der Waals surface area contributed by atoms with Gasteiger partial charge in [0, 0.05) is 30.4 Å². The molecular weight excluding hydrogens is 705 g/mol.